The SMILES string of the molecule is Cn1ccc(CNC(=O)[C@@H](N)CCc2ccccc2)c1. The van der Waals surface area contributed by atoms with E-state index in [4.69, 9.17) is 5.73 Å². The third-order valence-corrected chi connectivity index (χ3v) is 3.28. The topological polar surface area (TPSA) is 60.0 Å². The average molecular weight is 271 g/mol. The second-order valence-electron chi connectivity index (χ2n) is 5.03. The van der Waals surface area contributed by atoms with Gasteiger partial charge in [-0.15, -0.1) is 0 Å². The molecule has 1 aromatic heterocycles. The highest BCUT2D eigenvalue weighted by atomic mass is 16.2. The number of benzene rings is 1. The molecule has 106 valence electrons. The number of nitrogens with one attached hydrogen (secondary N) is 1. The molecule has 0 aliphatic heterocycles. The standard InChI is InChI=1S/C16H21N3O/c1-19-10-9-14(12-19)11-18-16(20)15(17)8-7-13-5-3-2-4-6-13/h2-6,9-10,12,15H,7-8,11,17H2,1H3,(H,18,20)/t15-/m0/s1. The molecule has 2 rings (SSSR count). The Labute approximate surface area is 119 Å². The molecule has 0 aliphatic carbocycles. The Morgan fingerprint density at radius 2 is 2.00 bits per heavy atom. The van der Waals surface area contributed by atoms with E-state index in [-0.39, 0.29) is 5.91 Å². The Morgan fingerprint density at radius 1 is 1.25 bits per heavy atom. The molecule has 2 aromatic rings. The van der Waals surface area contributed by atoms with Gasteiger partial charge < -0.3 is 15.6 Å². The molecule has 1 heterocycles. The van der Waals surface area contributed by atoms with Crippen LogP contribution in [0.25, 0.3) is 0 Å². The van der Waals surface area contributed by atoms with Crippen molar-refractivity contribution in [2.24, 2.45) is 12.8 Å². The molecular formula is C16H21N3O. The lowest BCUT2D eigenvalue weighted by atomic mass is 10.1. The van der Waals surface area contributed by atoms with Gasteiger partial charge in [-0.3, -0.25) is 4.79 Å². The molecule has 0 aliphatic rings. The molecule has 1 amide bonds. The molecule has 0 unspecified atom stereocenters. The Kier molecular flexibility index (Phi) is 4.96. The summed E-state index contributed by atoms with van der Waals surface area (Å²) in [5.41, 5.74) is 8.20. The number of aromatic nitrogens is 1. The van der Waals surface area contributed by atoms with Crippen molar-refractivity contribution in [2.45, 2.75) is 25.4 Å². The Hall–Kier alpha value is -2.07. The summed E-state index contributed by atoms with van der Waals surface area (Å²) in [7, 11) is 1.96. The first-order chi connectivity index (χ1) is 9.65. The molecule has 0 fully saturated rings. The van der Waals surface area contributed by atoms with Crippen LogP contribution in [-0.4, -0.2) is 16.5 Å². The summed E-state index contributed by atoms with van der Waals surface area (Å²) in [6, 6.07) is 11.6. The fourth-order valence-corrected chi connectivity index (χ4v) is 2.08. The van der Waals surface area contributed by atoms with Gasteiger partial charge in [0.2, 0.25) is 5.91 Å². The first-order valence-corrected chi connectivity index (χ1v) is 6.83. The highest BCUT2D eigenvalue weighted by molar-refractivity contribution is 5.81. The van der Waals surface area contributed by atoms with E-state index in [1.807, 2.05) is 48.3 Å². The number of hydrogen-bond acceptors (Lipinski definition) is 2. The zero-order chi connectivity index (χ0) is 14.4. The molecule has 20 heavy (non-hydrogen) atoms. The highest BCUT2D eigenvalue weighted by Crippen LogP contribution is 2.04. The van der Waals surface area contributed by atoms with Crippen molar-refractivity contribution in [3.05, 3.63) is 59.9 Å². The van der Waals surface area contributed by atoms with Crippen molar-refractivity contribution in [3.8, 4) is 0 Å². The monoisotopic (exact) mass is 271 g/mol. The number of nitrogens with two attached hydrogens (primary N) is 1. The van der Waals surface area contributed by atoms with Crippen LogP contribution in [-0.2, 0) is 24.8 Å². The third kappa shape index (κ3) is 4.24. The van der Waals surface area contributed by atoms with Crippen LogP contribution in [0, 0.1) is 0 Å². The third-order valence-electron chi connectivity index (χ3n) is 3.28. The van der Waals surface area contributed by atoms with Crippen LogP contribution in [0.4, 0.5) is 0 Å². The number of nitrogens with zero attached hydrogens (tertiary/aromatic N) is 1. The van der Waals surface area contributed by atoms with E-state index < -0.39 is 6.04 Å². The van der Waals surface area contributed by atoms with Gasteiger partial charge in [-0.25, -0.2) is 0 Å². The normalized spacial score (nSPS) is 12.1. The molecule has 3 N–H and O–H groups in total. The maximum atomic E-state index is 11.9. The molecule has 0 bridgehead atoms. The van der Waals surface area contributed by atoms with E-state index in [2.05, 4.69) is 17.4 Å². The molecular weight excluding hydrogens is 250 g/mol. The van der Waals surface area contributed by atoms with E-state index in [9.17, 15) is 4.79 Å². The predicted molar refractivity (Wildman–Crippen MR) is 80.0 cm³/mol. The molecule has 0 radical (unpaired) electrons. The predicted octanol–water partition coefficient (Wildman–Crippen LogP) is 1.60. The Balaban J connectivity index is 1.74. The van der Waals surface area contributed by atoms with Crippen LogP contribution in [0.3, 0.4) is 0 Å². The van der Waals surface area contributed by atoms with Gasteiger partial charge in [-0.1, -0.05) is 30.3 Å². The van der Waals surface area contributed by atoms with E-state index in [1.54, 1.807) is 0 Å². The van der Waals surface area contributed by atoms with Crippen LogP contribution < -0.4 is 11.1 Å². The van der Waals surface area contributed by atoms with E-state index in [0.717, 1.165) is 12.0 Å². The second kappa shape index (κ2) is 6.91. The van der Waals surface area contributed by atoms with Gasteiger partial charge in [0.25, 0.3) is 0 Å². The van der Waals surface area contributed by atoms with Gasteiger partial charge in [0, 0.05) is 26.0 Å². The Bertz CT molecular complexity index is 548. The van der Waals surface area contributed by atoms with Crippen molar-refractivity contribution < 1.29 is 4.79 Å². The number of hydrogen-bond donors (Lipinski definition) is 2. The van der Waals surface area contributed by atoms with Crippen molar-refractivity contribution in [3.63, 3.8) is 0 Å². The van der Waals surface area contributed by atoms with Gasteiger partial charge in [0.05, 0.1) is 6.04 Å². The highest BCUT2D eigenvalue weighted by Gasteiger charge is 2.12. The first kappa shape index (κ1) is 14.3. The number of carbonyl (C=O) groups is 1. The lowest BCUT2D eigenvalue weighted by Gasteiger charge is -2.11. The van der Waals surface area contributed by atoms with Gasteiger partial charge in [0.1, 0.15) is 0 Å². The lowest BCUT2D eigenvalue weighted by Crippen LogP contribution is -2.40. The molecule has 0 saturated carbocycles. The molecule has 1 aromatic carbocycles. The second-order valence-corrected chi connectivity index (χ2v) is 5.03. The number of rotatable bonds is 6. The zero-order valence-corrected chi connectivity index (χ0v) is 11.8. The fourth-order valence-electron chi connectivity index (χ4n) is 2.08. The van der Waals surface area contributed by atoms with E-state index >= 15 is 0 Å². The van der Waals surface area contributed by atoms with Crippen molar-refractivity contribution in [1.82, 2.24) is 9.88 Å². The minimum absolute atomic E-state index is 0.0928. The summed E-state index contributed by atoms with van der Waals surface area (Å²) in [6.45, 7) is 0.526. The minimum atomic E-state index is -0.459. The number of amides is 1. The summed E-state index contributed by atoms with van der Waals surface area (Å²) in [4.78, 5) is 11.9. The molecule has 1 atom stereocenters. The molecule has 0 spiro atoms. The van der Waals surface area contributed by atoms with Gasteiger partial charge in [-0.2, -0.15) is 0 Å². The minimum Gasteiger partial charge on any atom is -0.357 e. The average Bonchev–Trinajstić information content (AvgIpc) is 2.89. The fraction of sp³-hybridized carbons (Fsp3) is 0.312. The number of aryl methyl sites for hydroxylation is 2. The first-order valence-electron chi connectivity index (χ1n) is 6.83. The van der Waals surface area contributed by atoms with Crippen LogP contribution in [0.2, 0.25) is 0 Å². The van der Waals surface area contributed by atoms with Crippen LogP contribution in [0.5, 0.6) is 0 Å². The number of carbonyl (C=O) groups excluding carboxylic acids is 1. The van der Waals surface area contributed by atoms with Crippen LogP contribution in [0.15, 0.2) is 48.8 Å². The zero-order valence-electron chi connectivity index (χ0n) is 11.8. The van der Waals surface area contributed by atoms with Crippen LogP contribution >= 0.6 is 0 Å². The quantitative estimate of drug-likeness (QED) is 0.838. The van der Waals surface area contributed by atoms with Gasteiger partial charge in [-0.05, 0) is 30.0 Å². The maximum absolute atomic E-state index is 11.9. The van der Waals surface area contributed by atoms with E-state index in [1.165, 1.54) is 5.56 Å². The Morgan fingerprint density at radius 3 is 2.65 bits per heavy atom. The molecule has 4 nitrogen and oxygen atoms in total. The smallest absolute Gasteiger partial charge is 0.237 e. The summed E-state index contributed by atoms with van der Waals surface area (Å²) in [5.74, 6) is -0.0928. The maximum Gasteiger partial charge on any atom is 0.237 e. The van der Waals surface area contributed by atoms with Gasteiger partial charge >= 0.3 is 0 Å². The lowest BCUT2D eigenvalue weighted by molar-refractivity contribution is -0.122. The van der Waals surface area contributed by atoms with Crippen LogP contribution in [0.1, 0.15) is 17.5 Å². The molecule has 0 saturated heterocycles. The summed E-state index contributed by atoms with van der Waals surface area (Å²) < 4.78 is 1.96. The van der Waals surface area contributed by atoms with E-state index in [0.29, 0.717) is 13.0 Å². The van der Waals surface area contributed by atoms with Gasteiger partial charge in [0.15, 0.2) is 0 Å². The summed E-state index contributed by atoms with van der Waals surface area (Å²) in [6.07, 6.45) is 5.41. The summed E-state index contributed by atoms with van der Waals surface area (Å²) in [5, 5.41) is 2.87. The van der Waals surface area contributed by atoms with Crippen molar-refractivity contribution >= 4 is 5.91 Å². The molecule has 4 heteroatoms. The largest absolute Gasteiger partial charge is 0.357 e. The summed E-state index contributed by atoms with van der Waals surface area (Å²) >= 11 is 0. The van der Waals surface area contributed by atoms with Crippen molar-refractivity contribution in [2.75, 3.05) is 0 Å². The van der Waals surface area contributed by atoms with Crippen molar-refractivity contribution in [1.29, 1.82) is 0 Å².